The van der Waals surface area contributed by atoms with Crippen LogP contribution in [0.15, 0.2) is 60.8 Å². The minimum absolute atomic E-state index is 0.00860. The number of unbranched alkanes of at least 4 members (excludes halogenated alkanes) is 13. The molecule has 0 radical (unpaired) electrons. The summed E-state index contributed by atoms with van der Waals surface area (Å²) in [5.41, 5.74) is 0. The van der Waals surface area contributed by atoms with Crippen LogP contribution < -0.4 is 0 Å². The first-order valence-electron chi connectivity index (χ1n) is 19.6. The van der Waals surface area contributed by atoms with Gasteiger partial charge in [0.1, 0.15) is 6.61 Å². The van der Waals surface area contributed by atoms with Crippen LogP contribution >= 0.6 is 7.82 Å². The number of ether oxygens (including phenoxy) is 2. The minimum Gasteiger partial charge on any atom is -0.462 e. The number of rotatable bonds is 35. The van der Waals surface area contributed by atoms with E-state index in [0.717, 1.165) is 89.9 Å². The van der Waals surface area contributed by atoms with Crippen LogP contribution in [0, 0.1) is 0 Å². The molecule has 0 amide bonds. The predicted octanol–water partition coefficient (Wildman–Crippen LogP) is 12.0. The molecule has 0 aromatic heterocycles. The van der Waals surface area contributed by atoms with Crippen molar-refractivity contribution in [2.45, 2.75) is 168 Å². The van der Waals surface area contributed by atoms with Crippen LogP contribution in [0.4, 0.5) is 0 Å². The number of hydrogen-bond acceptors (Lipinski definition) is 7. The Labute approximate surface area is 305 Å². The highest BCUT2D eigenvalue weighted by molar-refractivity contribution is 7.47. The van der Waals surface area contributed by atoms with Crippen molar-refractivity contribution in [3.63, 3.8) is 0 Å². The zero-order valence-electron chi connectivity index (χ0n) is 31.8. The van der Waals surface area contributed by atoms with Crippen molar-refractivity contribution in [3.05, 3.63) is 60.8 Å². The molecule has 1 N–H and O–H groups in total. The number of allylic oxidation sites excluding steroid dienone is 10. The van der Waals surface area contributed by atoms with Crippen molar-refractivity contribution in [2.75, 3.05) is 19.8 Å². The van der Waals surface area contributed by atoms with Crippen molar-refractivity contribution >= 4 is 19.8 Å². The van der Waals surface area contributed by atoms with E-state index in [1.54, 1.807) is 6.92 Å². The normalized spacial score (nSPS) is 14.1. The molecule has 0 heterocycles. The molecule has 2 unspecified atom stereocenters. The molecule has 0 aromatic rings. The molecule has 288 valence electrons. The number of carbonyl (C=O) groups is 2. The zero-order valence-corrected chi connectivity index (χ0v) is 32.7. The van der Waals surface area contributed by atoms with Gasteiger partial charge in [-0.15, -0.1) is 0 Å². The van der Waals surface area contributed by atoms with Gasteiger partial charge in [-0.05, 0) is 84.0 Å². The van der Waals surface area contributed by atoms with Crippen LogP contribution in [0.1, 0.15) is 162 Å². The van der Waals surface area contributed by atoms with Gasteiger partial charge < -0.3 is 14.4 Å². The third kappa shape index (κ3) is 35.6. The highest BCUT2D eigenvalue weighted by atomic mass is 31.2. The smallest absolute Gasteiger partial charge is 0.462 e. The van der Waals surface area contributed by atoms with Gasteiger partial charge in [0.15, 0.2) is 6.10 Å². The molecule has 0 fully saturated rings. The molecule has 0 spiro atoms. The molecule has 9 heteroatoms. The zero-order chi connectivity index (χ0) is 36.8. The van der Waals surface area contributed by atoms with Gasteiger partial charge in [-0.1, -0.05) is 126 Å². The van der Waals surface area contributed by atoms with Crippen molar-refractivity contribution < 1.29 is 37.6 Å². The van der Waals surface area contributed by atoms with Crippen molar-refractivity contribution in [1.82, 2.24) is 0 Å². The molecular formula is C41H71O8P. The lowest BCUT2D eigenvalue weighted by atomic mass is 10.1. The van der Waals surface area contributed by atoms with E-state index in [-0.39, 0.29) is 32.0 Å². The summed E-state index contributed by atoms with van der Waals surface area (Å²) in [6.45, 7) is 5.28. The Morgan fingerprint density at radius 1 is 0.560 bits per heavy atom. The SMILES string of the molecule is CC/C=C\C/C=C\C/C=C\C/C=C\CCCCCCC(=O)OC(COC(=O)CCCCCCC/C=C\CCCCCC)COP(=O)(O)OCC. The van der Waals surface area contributed by atoms with E-state index in [4.69, 9.17) is 18.5 Å². The molecule has 0 saturated heterocycles. The van der Waals surface area contributed by atoms with E-state index < -0.39 is 26.5 Å². The van der Waals surface area contributed by atoms with E-state index in [1.165, 1.54) is 32.1 Å². The first kappa shape index (κ1) is 47.8. The molecule has 0 aliphatic rings. The number of phosphoric acid groups is 1. The second-order valence-corrected chi connectivity index (χ2v) is 14.0. The fraction of sp³-hybridized carbons (Fsp3) is 0.707. The van der Waals surface area contributed by atoms with E-state index >= 15 is 0 Å². The van der Waals surface area contributed by atoms with Crippen LogP contribution in [0.3, 0.4) is 0 Å². The highest BCUT2D eigenvalue weighted by Crippen LogP contribution is 2.43. The Bertz CT molecular complexity index is 1000. The van der Waals surface area contributed by atoms with E-state index in [2.05, 4.69) is 74.6 Å². The molecule has 0 saturated carbocycles. The molecular weight excluding hydrogens is 651 g/mol. The lowest BCUT2D eigenvalue weighted by Crippen LogP contribution is -2.29. The van der Waals surface area contributed by atoms with E-state index in [0.29, 0.717) is 6.42 Å². The fourth-order valence-electron chi connectivity index (χ4n) is 4.97. The Morgan fingerprint density at radius 2 is 1.02 bits per heavy atom. The number of carbonyl (C=O) groups excluding carboxylic acids is 2. The Kier molecular flexibility index (Phi) is 34.9. The van der Waals surface area contributed by atoms with Gasteiger partial charge in [0.2, 0.25) is 0 Å². The summed E-state index contributed by atoms with van der Waals surface area (Å²) in [5, 5.41) is 0. The predicted molar refractivity (Wildman–Crippen MR) is 207 cm³/mol. The number of hydrogen-bond donors (Lipinski definition) is 1. The number of phosphoric ester groups is 1. The lowest BCUT2D eigenvalue weighted by Gasteiger charge is -2.19. The van der Waals surface area contributed by atoms with Crippen LogP contribution in [0.2, 0.25) is 0 Å². The van der Waals surface area contributed by atoms with Crippen LogP contribution in [0.25, 0.3) is 0 Å². The molecule has 0 aliphatic heterocycles. The standard InChI is InChI=1S/C41H71O8P/c1-4-7-9-11-13-15-17-19-20-21-22-24-26-28-30-32-34-36-41(43)49-39(38-48-50(44,45)47-6-3)37-46-40(42)35-33-31-29-27-25-23-18-16-14-12-10-8-5-2/h7,9,13,15-16,18-20,22,24,39H,4-6,8,10-12,14,17,21,23,25-38H2,1-3H3,(H,44,45)/b9-7-,15-13-,18-16-,20-19-,24-22-. The summed E-state index contributed by atoms with van der Waals surface area (Å²) in [5.74, 6) is -0.841. The fourth-order valence-corrected chi connectivity index (χ4v) is 5.72. The quantitative estimate of drug-likeness (QED) is 0.0298. The van der Waals surface area contributed by atoms with E-state index in [1.807, 2.05) is 0 Å². The molecule has 0 aliphatic carbocycles. The van der Waals surface area contributed by atoms with Crippen molar-refractivity contribution in [1.29, 1.82) is 0 Å². The second-order valence-electron chi connectivity index (χ2n) is 12.6. The first-order valence-corrected chi connectivity index (χ1v) is 21.1. The van der Waals surface area contributed by atoms with Gasteiger partial charge in [0.05, 0.1) is 13.2 Å². The maximum absolute atomic E-state index is 12.5. The minimum atomic E-state index is -4.29. The van der Waals surface area contributed by atoms with Crippen LogP contribution in [-0.4, -0.2) is 42.8 Å². The van der Waals surface area contributed by atoms with Gasteiger partial charge >= 0.3 is 19.8 Å². The van der Waals surface area contributed by atoms with E-state index in [9.17, 15) is 19.0 Å². The summed E-state index contributed by atoms with van der Waals surface area (Å²) in [6.07, 6.45) is 42.7. The summed E-state index contributed by atoms with van der Waals surface area (Å²) >= 11 is 0. The third-order valence-electron chi connectivity index (χ3n) is 7.81. The molecule has 0 rings (SSSR count). The maximum atomic E-state index is 12.5. The summed E-state index contributed by atoms with van der Waals surface area (Å²) in [7, 11) is -4.29. The van der Waals surface area contributed by atoms with Gasteiger partial charge in [-0.3, -0.25) is 18.6 Å². The highest BCUT2D eigenvalue weighted by Gasteiger charge is 2.25. The molecule has 2 atom stereocenters. The van der Waals surface area contributed by atoms with Crippen LogP contribution in [-0.2, 0) is 32.7 Å². The monoisotopic (exact) mass is 722 g/mol. The second kappa shape index (κ2) is 36.5. The summed E-state index contributed by atoms with van der Waals surface area (Å²) < 4.78 is 32.5. The van der Waals surface area contributed by atoms with Gasteiger partial charge in [0, 0.05) is 12.8 Å². The third-order valence-corrected chi connectivity index (χ3v) is 8.87. The Morgan fingerprint density at radius 3 is 1.56 bits per heavy atom. The topological polar surface area (TPSA) is 108 Å². The average Bonchev–Trinajstić information content (AvgIpc) is 3.09. The molecule has 8 nitrogen and oxygen atoms in total. The largest absolute Gasteiger partial charge is 0.472 e. The molecule has 0 bridgehead atoms. The number of esters is 2. The summed E-state index contributed by atoms with van der Waals surface area (Å²) in [4.78, 5) is 34.6. The molecule has 50 heavy (non-hydrogen) atoms. The van der Waals surface area contributed by atoms with Gasteiger partial charge in [-0.2, -0.15) is 0 Å². The summed E-state index contributed by atoms with van der Waals surface area (Å²) in [6, 6.07) is 0. The van der Waals surface area contributed by atoms with Gasteiger partial charge in [0.25, 0.3) is 0 Å². The first-order chi connectivity index (χ1) is 24.3. The van der Waals surface area contributed by atoms with Crippen LogP contribution in [0.5, 0.6) is 0 Å². The van der Waals surface area contributed by atoms with Crippen molar-refractivity contribution in [3.8, 4) is 0 Å². The van der Waals surface area contributed by atoms with Crippen molar-refractivity contribution in [2.24, 2.45) is 0 Å². The van der Waals surface area contributed by atoms with Gasteiger partial charge in [-0.25, -0.2) is 4.57 Å². The molecule has 0 aromatic carbocycles. The maximum Gasteiger partial charge on any atom is 0.472 e. The lowest BCUT2D eigenvalue weighted by molar-refractivity contribution is -0.161. The average molecular weight is 723 g/mol. The Hall–Kier alpha value is -2.25. The Balaban J connectivity index is 4.22.